The van der Waals surface area contributed by atoms with Gasteiger partial charge in [0.2, 0.25) is 0 Å². The summed E-state index contributed by atoms with van der Waals surface area (Å²) >= 11 is 1.29. The number of nitrogens with zero attached hydrogens (tertiary/aromatic N) is 2. The Kier molecular flexibility index (Phi) is 4.38. The molecule has 6 nitrogen and oxygen atoms in total. The fourth-order valence-corrected chi connectivity index (χ4v) is 3.23. The molecule has 0 amide bonds. The zero-order valence-electron chi connectivity index (χ0n) is 11.0. The molecule has 2 heterocycles. The highest BCUT2D eigenvalue weighted by Gasteiger charge is 2.27. The van der Waals surface area contributed by atoms with Crippen LogP contribution in [0.25, 0.3) is 0 Å². The van der Waals surface area contributed by atoms with E-state index in [-0.39, 0.29) is 16.7 Å². The fraction of sp³-hybridized carbons (Fsp3) is 0.667. The largest absolute Gasteiger partial charge is 0.388 e. The van der Waals surface area contributed by atoms with Gasteiger partial charge < -0.3 is 14.7 Å². The van der Waals surface area contributed by atoms with Crippen molar-refractivity contribution in [1.82, 2.24) is 0 Å². The molecule has 1 saturated heterocycles. The Morgan fingerprint density at radius 2 is 2.42 bits per heavy atom. The lowest BCUT2D eigenvalue weighted by Crippen LogP contribution is -2.29. The van der Waals surface area contributed by atoms with Crippen LogP contribution in [0, 0.1) is 10.1 Å². The summed E-state index contributed by atoms with van der Waals surface area (Å²) in [4.78, 5) is 13.4. The van der Waals surface area contributed by atoms with E-state index in [0.29, 0.717) is 23.0 Å². The van der Waals surface area contributed by atoms with Gasteiger partial charge in [-0.05, 0) is 20.3 Å². The van der Waals surface area contributed by atoms with Crippen molar-refractivity contribution in [3.8, 4) is 0 Å². The molecule has 2 atom stereocenters. The second-order valence-corrected chi connectivity index (χ2v) is 5.82. The maximum atomic E-state index is 11.1. The Hall–Kier alpha value is -1.18. The van der Waals surface area contributed by atoms with Crippen LogP contribution in [0.2, 0.25) is 0 Å². The van der Waals surface area contributed by atoms with Gasteiger partial charge in [-0.25, -0.2) is 0 Å². The first-order chi connectivity index (χ1) is 8.99. The average molecular weight is 286 g/mol. The third-order valence-corrected chi connectivity index (χ3v) is 4.42. The minimum atomic E-state index is -0.682. The summed E-state index contributed by atoms with van der Waals surface area (Å²) in [6.45, 7) is 5.65. The van der Waals surface area contributed by atoms with E-state index in [1.165, 1.54) is 17.4 Å². The van der Waals surface area contributed by atoms with Crippen molar-refractivity contribution in [1.29, 1.82) is 0 Å². The topological polar surface area (TPSA) is 75.8 Å². The highest BCUT2D eigenvalue weighted by Crippen LogP contribution is 2.40. The second-order valence-electron chi connectivity index (χ2n) is 4.75. The average Bonchev–Trinajstić information content (AvgIpc) is 2.68. The molecule has 1 aliphatic heterocycles. The van der Waals surface area contributed by atoms with Crippen LogP contribution < -0.4 is 4.90 Å². The van der Waals surface area contributed by atoms with Gasteiger partial charge in [0.05, 0.1) is 17.1 Å². The van der Waals surface area contributed by atoms with Gasteiger partial charge in [-0.1, -0.05) is 0 Å². The number of thiophene rings is 1. The smallest absolute Gasteiger partial charge is 0.304 e. The first-order valence-electron chi connectivity index (χ1n) is 6.31. The lowest BCUT2D eigenvalue weighted by atomic mass is 10.3. The standard InChI is InChI=1S/C12H18N2O4S/c1-8-7-13(4-3-5-18-8)12-10(14(16)17)6-11(19-12)9(2)15/h6,8-9,15H,3-5,7H2,1-2H3/t8?,9-/m0/s1. The van der Waals surface area contributed by atoms with Crippen molar-refractivity contribution in [3.05, 3.63) is 21.1 Å². The van der Waals surface area contributed by atoms with E-state index in [4.69, 9.17) is 4.74 Å². The van der Waals surface area contributed by atoms with Gasteiger partial charge in [-0.3, -0.25) is 10.1 Å². The molecule has 0 aliphatic carbocycles. The Labute approximate surface area is 115 Å². The summed E-state index contributed by atoms with van der Waals surface area (Å²) in [5.41, 5.74) is 0.0787. The first-order valence-corrected chi connectivity index (χ1v) is 7.13. The van der Waals surface area contributed by atoms with Crippen LogP contribution in [0.5, 0.6) is 0 Å². The third kappa shape index (κ3) is 3.23. The molecule has 2 rings (SSSR count). The molecule has 7 heteroatoms. The molecule has 1 aliphatic rings. The van der Waals surface area contributed by atoms with Crippen molar-refractivity contribution in [2.24, 2.45) is 0 Å². The summed E-state index contributed by atoms with van der Waals surface area (Å²) in [5.74, 6) is 0. The first kappa shape index (κ1) is 14.2. The summed E-state index contributed by atoms with van der Waals surface area (Å²) < 4.78 is 5.55. The number of anilines is 1. The number of hydrogen-bond acceptors (Lipinski definition) is 6. The van der Waals surface area contributed by atoms with Crippen molar-refractivity contribution in [2.45, 2.75) is 32.5 Å². The maximum Gasteiger partial charge on any atom is 0.304 e. The minimum absolute atomic E-state index is 0.0548. The number of hydrogen-bond donors (Lipinski definition) is 1. The summed E-state index contributed by atoms with van der Waals surface area (Å²) in [5, 5.41) is 21.4. The molecular formula is C12H18N2O4S. The van der Waals surface area contributed by atoms with Crippen LogP contribution in [0.4, 0.5) is 10.7 Å². The molecule has 1 aromatic heterocycles. The van der Waals surface area contributed by atoms with E-state index in [9.17, 15) is 15.2 Å². The van der Waals surface area contributed by atoms with E-state index < -0.39 is 6.10 Å². The van der Waals surface area contributed by atoms with E-state index in [0.717, 1.165) is 13.0 Å². The molecule has 0 radical (unpaired) electrons. The van der Waals surface area contributed by atoms with Gasteiger partial charge in [0.25, 0.3) is 0 Å². The van der Waals surface area contributed by atoms with Gasteiger partial charge in [-0.2, -0.15) is 0 Å². The molecular weight excluding hydrogens is 268 g/mol. The predicted octanol–water partition coefficient (Wildman–Crippen LogP) is 2.32. The van der Waals surface area contributed by atoms with E-state index >= 15 is 0 Å². The molecule has 1 N–H and O–H groups in total. The predicted molar refractivity (Wildman–Crippen MR) is 73.9 cm³/mol. The monoisotopic (exact) mass is 286 g/mol. The molecule has 1 unspecified atom stereocenters. The molecule has 1 fully saturated rings. The van der Waals surface area contributed by atoms with Crippen molar-refractivity contribution >= 4 is 22.0 Å². The van der Waals surface area contributed by atoms with Gasteiger partial charge in [0, 0.05) is 30.6 Å². The van der Waals surface area contributed by atoms with Crippen molar-refractivity contribution in [2.75, 3.05) is 24.6 Å². The van der Waals surface area contributed by atoms with Crippen LogP contribution in [-0.2, 0) is 4.74 Å². The Morgan fingerprint density at radius 1 is 1.68 bits per heavy atom. The number of nitro groups is 1. The SMILES string of the molecule is CC1CN(c2sc([C@H](C)O)cc2[N+](=O)[O-])CCCO1. The number of aliphatic hydroxyl groups is 1. The second kappa shape index (κ2) is 5.85. The molecule has 106 valence electrons. The summed E-state index contributed by atoms with van der Waals surface area (Å²) in [7, 11) is 0. The number of aliphatic hydroxyl groups excluding tert-OH is 1. The van der Waals surface area contributed by atoms with Gasteiger partial charge in [0.15, 0.2) is 5.00 Å². The maximum absolute atomic E-state index is 11.1. The third-order valence-electron chi connectivity index (χ3n) is 3.06. The van der Waals surface area contributed by atoms with Crippen LogP contribution in [0.1, 0.15) is 31.2 Å². The Balaban J connectivity index is 2.33. The normalized spacial score (nSPS) is 22.1. The van der Waals surface area contributed by atoms with Crippen LogP contribution in [0.15, 0.2) is 6.07 Å². The van der Waals surface area contributed by atoms with Crippen LogP contribution in [0.3, 0.4) is 0 Å². The lowest BCUT2D eigenvalue weighted by Gasteiger charge is -2.21. The van der Waals surface area contributed by atoms with E-state index in [2.05, 4.69) is 0 Å². The lowest BCUT2D eigenvalue weighted by molar-refractivity contribution is -0.383. The zero-order valence-corrected chi connectivity index (χ0v) is 11.9. The molecule has 1 aromatic rings. The quantitative estimate of drug-likeness (QED) is 0.681. The highest BCUT2D eigenvalue weighted by molar-refractivity contribution is 7.16. The van der Waals surface area contributed by atoms with Gasteiger partial charge in [-0.15, -0.1) is 11.3 Å². The summed E-state index contributed by atoms with van der Waals surface area (Å²) in [6.07, 6.45) is 0.223. The van der Waals surface area contributed by atoms with E-state index in [1.807, 2.05) is 11.8 Å². The molecule has 0 spiro atoms. The summed E-state index contributed by atoms with van der Waals surface area (Å²) in [6, 6.07) is 1.47. The fourth-order valence-electron chi connectivity index (χ4n) is 2.13. The van der Waals surface area contributed by atoms with Crippen molar-refractivity contribution in [3.63, 3.8) is 0 Å². The molecule has 0 saturated carbocycles. The highest BCUT2D eigenvalue weighted by atomic mass is 32.1. The Bertz CT molecular complexity index is 461. The minimum Gasteiger partial charge on any atom is -0.388 e. The van der Waals surface area contributed by atoms with Gasteiger partial charge >= 0.3 is 5.69 Å². The number of rotatable bonds is 3. The van der Waals surface area contributed by atoms with Gasteiger partial charge in [0.1, 0.15) is 0 Å². The Morgan fingerprint density at radius 3 is 3.05 bits per heavy atom. The van der Waals surface area contributed by atoms with Crippen LogP contribution >= 0.6 is 11.3 Å². The number of ether oxygens (including phenoxy) is 1. The molecule has 0 bridgehead atoms. The van der Waals surface area contributed by atoms with E-state index in [1.54, 1.807) is 6.92 Å². The van der Waals surface area contributed by atoms with Crippen molar-refractivity contribution < 1.29 is 14.8 Å². The molecule has 0 aromatic carbocycles. The zero-order chi connectivity index (χ0) is 14.0. The molecule has 19 heavy (non-hydrogen) atoms. The van der Waals surface area contributed by atoms with Crippen LogP contribution in [-0.4, -0.2) is 35.8 Å².